The fourth-order valence-corrected chi connectivity index (χ4v) is 1.46. The number of aromatic amines is 1. The maximum atomic E-state index is 11.2. The highest BCUT2D eigenvalue weighted by Crippen LogP contribution is 2.23. The molecule has 0 radical (unpaired) electrons. The first-order chi connectivity index (χ1) is 6.47. The first-order valence-electron chi connectivity index (χ1n) is 4.77. The van der Waals surface area contributed by atoms with Crippen LogP contribution in [0.5, 0.6) is 0 Å². The molecule has 2 rings (SSSR count). The molecular formula is C11H14N2O. The molecule has 1 aromatic heterocycles. The highest BCUT2D eigenvalue weighted by Gasteiger charge is 2.22. The molecule has 74 valence electrons. The Morgan fingerprint density at radius 1 is 1.36 bits per heavy atom. The van der Waals surface area contributed by atoms with Crippen LogP contribution in [0.25, 0.3) is 6.08 Å². The number of ketones is 1. The number of H-pyrrole nitrogens is 1. The topological polar surface area (TPSA) is 45.8 Å². The minimum absolute atomic E-state index is 0.00816. The number of imidazole rings is 1. The van der Waals surface area contributed by atoms with E-state index in [1.807, 2.05) is 0 Å². The quantitative estimate of drug-likeness (QED) is 0.678. The van der Waals surface area contributed by atoms with Crippen LogP contribution >= 0.6 is 0 Å². The molecule has 0 unspecified atom stereocenters. The van der Waals surface area contributed by atoms with E-state index in [-0.39, 0.29) is 11.2 Å². The predicted molar refractivity (Wildman–Crippen MR) is 55.0 cm³/mol. The van der Waals surface area contributed by atoms with Crippen LogP contribution in [0.15, 0.2) is 6.08 Å². The van der Waals surface area contributed by atoms with Crippen molar-refractivity contribution in [1.82, 2.24) is 9.97 Å². The lowest BCUT2D eigenvalue weighted by Gasteiger charge is -2.13. The standard InChI is InChI=1S/C11H14N2O/c1-11(2,3)10-12-8-5-4-7(14)6-9(8)13-10/h4-5H,6H2,1-3H3,(H,12,13). The molecule has 1 aliphatic rings. The molecule has 1 aromatic rings. The van der Waals surface area contributed by atoms with Gasteiger partial charge in [0.25, 0.3) is 0 Å². The Balaban J connectivity index is 2.44. The van der Waals surface area contributed by atoms with Gasteiger partial charge < -0.3 is 4.98 Å². The van der Waals surface area contributed by atoms with Crippen LogP contribution in [0.2, 0.25) is 0 Å². The van der Waals surface area contributed by atoms with Crippen molar-refractivity contribution in [3.05, 3.63) is 23.3 Å². The summed E-state index contributed by atoms with van der Waals surface area (Å²) in [4.78, 5) is 18.8. The molecule has 0 aliphatic heterocycles. The van der Waals surface area contributed by atoms with Crippen molar-refractivity contribution in [3.63, 3.8) is 0 Å². The van der Waals surface area contributed by atoms with Crippen LogP contribution in [0.4, 0.5) is 0 Å². The second-order valence-corrected chi connectivity index (χ2v) is 4.68. The summed E-state index contributed by atoms with van der Waals surface area (Å²) >= 11 is 0. The Kier molecular flexibility index (Phi) is 1.84. The Bertz CT molecular complexity index is 407. The van der Waals surface area contributed by atoms with E-state index in [1.54, 1.807) is 12.2 Å². The summed E-state index contributed by atoms with van der Waals surface area (Å²) in [5.41, 5.74) is 1.87. The lowest BCUT2D eigenvalue weighted by molar-refractivity contribution is -0.114. The van der Waals surface area contributed by atoms with Gasteiger partial charge in [-0.15, -0.1) is 0 Å². The number of rotatable bonds is 0. The lowest BCUT2D eigenvalue weighted by Crippen LogP contribution is -2.13. The molecule has 3 heteroatoms. The van der Waals surface area contributed by atoms with Crippen LogP contribution in [-0.4, -0.2) is 15.8 Å². The molecule has 1 N–H and O–H groups in total. The van der Waals surface area contributed by atoms with E-state index in [9.17, 15) is 4.79 Å². The van der Waals surface area contributed by atoms with Crippen LogP contribution in [0.1, 0.15) is 38.0 Å². The van der Waals surface area contributed by atoms with E-state index >= 15 is 0 Å². The van der Waals surface area contributed by atoms with Crippen molar-refractivity contribution in [2.24, 2.45) is 0 Å². The predicted octanol–water partition coefficient (Wildman–Crippen LogP) is 1.85. The van der Waals surface area contributed by atoms with Gasteiger partial charge in [-0.3, -0.25) is 4.79 Å². The molecule has 0 fully saturated rings. The number of carbonyl (C=O) groups excluding carboxylic acids is 1. The number of aromatic nitrogens is 2. The largest absolute Gasteiger partial charge is 0.345 e. The van der Waals surface area contributed by atoms with Gasteiger partial charge in [-0.2, -0.15) is 0 Å². The molecule has 0 bridgehead atoms. The Morgan fingerprint density at radius 3 is 2.71 bits per heavy atom. The number of fused-ring (bicyclic) bond motifs is 1. The highest BCUT2D eigenvalue weighted by molar-refractivity contribution is 5.97. The third kappa shape index (κ3) is 1.50. The number of allylic oxidation sites excluding steroid dienone is 1. The van der Waals surface area contributed by atoms with Gasteiger partial charge in [-0.25, -0.2) is 4.98 Å². The Hall–Kier alpha value is -1.38. The molecule has 1 aliphatic carbocycles. The lowest BCUT2D eigenvalue weighted by atomic mass is 9.96. The summed E-state index contributed by atoms with van der Waals surface area (Å²) in [5.74, 6) is 1.09. The first-order valence-corrected chi connectivity index (χ1v) is 4.77. The van der Waals surface area contributed by atoms with Gasteiger partial charge in [0.2, 0.25) is 0 Å². The van der Waals surface area contributed by atoms with Gasteiger partial charge in [-0.1, -0.05) is 20.8 Å². The molecule has 3 nitrogen and oxygen atoms in total. The average molecular weight is 190 g/mol. The van der Waals surface area contributed by atoms with E-state index < -0.39 is 0 Å². The van der Waals surface area contributed by atoms with Crippen LogP contribution in [0.3, 0.4) is 0 Å². The number of nitrogens with one attached hydrogen (secondary N) is 1. The zero-order valence-electron chi connectivity index (χ0n) is 8.72. The van der Waals surface area contributed by atoms with Crippen molar-refractivity contribution >= 4 is 11.9 Å². The Labute approximate surface area is 83.2 Å². The maximum absolute atomic E-state index is 11.2. The molecule has 14 heavy (non-hydrogen) atoms. The SMILES string of the molecule is CC(C)(C)c1nc2c([nH]1)CC(=O)C=C2. The minimum atomic E-state index is 0.00816. The number of hydrogen-bond acceptors (Lipinski definition) is 2. The fraction of sp³-hybridized carbons (Fsp3) is 0.455. The van der Waals surface area contributed by atoms with Crippen molar-refractivity contribution in [2.75, 3.05) is 0 Å². The van der Waals surface area contributed by atoms with Crippen LogP contribution in [0, 0.1) is 0 Å². The van der Waals surface area contributed by atoms with Crippen molar-refractivity contribution in [3.8, 4) is 0 Å². The first kappa shape index (κ1) is 9.19. The van der Waals surface area contributed by atoms with E-state index in [0.717, 1.165) is 17.2 Å². The van der Waals surface area contributed by atoms with Gasteiger partial charge in [0.15, 0.2) is 5.78 Å². The maximum Gasteiger partial charge on any atom is 0.161 e. The van der Waals surface area contributed by atoms with E-state index in [0.29, 0.717) is 6.42 Å². The van der Waals surface area contributed by atoms with Gasteiger partial charge in [0.05, 0.1) is 12.1 Å². The number of carbonyl (C=O) groups is 1. The van der Waals surface area contributed by atoms with E-state index in [4.69, 9.17) is 0 Å². The van der Waals surface area contributed by atoms with E-state index in [2.05, 4.69) is 30.7 Å². The summed E-state index contributed by atoms with van der Waals surface area (Å²) in [7, 11) is 0. The molecule has 1 heterocycles. The molecule has 0 spiro atoms. The van der Waals surface area contributed by atoms with Gasteiger partial charge in [0.1, 0.15) is 5.82 Å². The normalized spacial score (nSPS) is 15.8. The van der Waals surface area contributed by atoms with Crippen molar-refractivity contribution in [1.29, 1.82) is 0 Å². The minimum Gasteiger partial charge on any atom is -0.345 e. The summed E-state index contributed by atoms with van der Waals surface area (Å²) in [5, 5.41) is 0. The smallest absolute Gasteiger partial charge is 0.161 e. The summed E-state index contributed by atoms with van der Waals surface area (Å²) in [6.07, 6.45) is 3.83. The second kappa shape index (κ2) is 2.80. The van der Waals surface area contributed by atoms with Crippen LogP contribution in [-0.2, 0) is 16.6 Å². The molecule has 0 amide bonds. The second-order valence-electron chi connectivity index (χ2n) is 4.68. The molecule has 0 saturated heterocycles. The fourth-order valence-electron chi connectivity index (χ4n) is 1.46. The van der Waals surface area contributed by atoms with Gasteiger partial charge >= 0.3 is 0 Å². The monoisotopic (exact) mass is 190 g/mol. The van der Waals surface area contributed by atoms with Crippen molar-refractivity contribution < 1.29 is 4.79 Å². The summed E-state index contributed by atoms with van der Waals surface area (Å²) < 4.78 is 0. The average Bonchev–Trinajstić information content (AvgIpc) is 2.45. The Morgan fingerprint density at radius 2 is 2.07 bits per heavy atom. The van der Waals surface area contributed by atoms with Crippen LogP contribution < -0.4 is 0 Å². The third-order valence-corrected chi connectivity index (χ3v) is 2.30. The molecular weight excluding hydrogens is 176 g/mol. The zero-order chi connectivity index (χ0) is 10.3. The number of nitrogens with zero attached hydrogens (tertiary/aromatic N) is 1. The molecule has 0 saturated carbocycles. The number of hydrogen-bond donors (Lipinski definition) is 1. The summed E-state index contributed by atoms with van der Waals surface area (Å²) in [6, 6.07) is 0. The zero-order valence-corrected chi connectivity index (χ0v) is 8.72. The van der Waals surface area contributed by atoms with Gasteiger partial charge in [-0.05, 0) is 12.2 Å². The third-order valence-electron chi connectivity index (χ3n) is 2.30. The van der Waals surface area contributed by atoms with Gasteiger partial charge in [0, 0.05) is 11.1 Å². The summed E-state index contributed by atoms with van der Waals surface area (Å²) in [6.45, 7) is 6.30. The van der Waals surface area contributed by atoms with Crippen molar-refractivity contribution in [2.45, 2.75) is 32.6 Å². The molecule has 0 atom stereocenters. The van der Waals surface area contributed by atoms with E-state index in [1.165, 1.54) is 0 Å². The molecule has 0 aromatic carbocycles. The highest BCUT2D eigenvalue weighted by atomic mass is 16.1.